The first-order valence-corrected chi connectivity index (χ1v) is 8.50. The van der Waals surface area contributed by atoms with E-state index < -0.39 is 36.4 Å². The van der Waals surface area contributed by atoms with Gasteiger partial charge in [0.05, 0.1) is 23.9 Å². The van der Waals surface area contributed by atoms with E-state index in [2.05, 4.69) is 6.92 Å². The maximum atomic E-state index is 12.3. The van der Waals surface area contributed by atoms with Gasteiger partial charge in [0.2, 0.25) is 0 Å². The van der Waals surface area contributed by atoms with Gasteiger partial charge in [0.25, 0.3) is 6.29 Å². The smallest absolute Gasteiger partial charge is 0.338 e. The van der Waals surface area contributed by atoms with Crippen LogP contribution in [0.3, 0.4) is 0 Å². The van der Waals surface area contributed by atoms with Crippen molar-refractivity contribution in [1.29, 1.82) is 0 Å². The van der Waals surface area contributed by atoms with Crippen molar-refractivity contribution in [1.82, 2.24) is 0 Å². The van der Waals surface area contributed by atoms with Crippen LogP contribution >= 0.6 is 0 Å². The highest BCUT2D eigenvalue weighted by atomic mass is 16.7. The molecule has 0 aromatic carbocycles. The zero-order valence-corrected chi connectivity index (χ0v) is 14.2. The van der Waals surface area contributed by atoms with Crippen molar-refractivity contribution in [3.8, 4) is 0 Å². The van der Waals surface area contributed by atoms with Gasteiger partial charge in [-0.05, 0) is 44.3 Å². The van der Waals surface area contributed by atoms with Crippen LogP contribution in [-0.2, 0) is 23.8 Å². The third-order valence-electron chi connectivity index (χ3n) is 5.21. The van der Waals surface area contributed by atoms with Crippen LogP contribution in [0.5, 0.6) is 0 Å². The van der Waals surface area contributed by atoms with Gasteiger partial charge in [-0.15, -0.1) is 0 Å². The zero-order valence-electron chi connectivity index (χ0n) is 14.2. The van der Waals surface area contributed by atoms with Gasteiger partial charge in [-0.2, -0.15) is 0 Å². The second-order valence-electron chi connectivity index (χ2n) is 6.95. The Kier molecular flexibility index (Phi) is 3.80. The fraction of sp³-hybridized carbons (Fsp3) is 0.474. The maximum absolute atomic E-state index is 12.3. The van der Waals surface area contributed by atoms with E-state index in [1.54, 1.807) is 13.0 Å². The van der Waals surface area contributed by atoms with Crippen molar-refractivity contribution < 1.29 is 28.9 Å². The number of hydrogen-bond donors (Lipinski definition) is 1. The third kappa shape index (κ3) is 2.61. The lowest BCUT2D eigenvalue weighted by Crippen LogP contribution is -2.24. The van der Waals surface area contributed by atoms with Gasteiger partial charge in [-0.3, -0.25) is 0 Å². The van der Waals surface area contributed by atoms with Crippen LogP contribution in [0.2, 0.25) is 0 Å². The van der Waals surface area contributed by atoms with Crippen LogP contribution in [-0.4, -0.2) is 35.5 Å². The number of allylic oxidation sites excluding steroid dienone is 1. The Morgan fingerprint density at radius 2 is 2.00 bits per heavy atom. The van der Waals surface area contributed by atoms with E-state index in [1.165, 1.54) is 11.8 Å². The van der Waals surface area contributed by atoms with Crippen LogP contribution in [0.15, 0.2) is 46.3 Å². The molecule has 2 aliphatic carbocycles. The summed E-state index contributed by atoms with van der Waals surface area (Å²) in [5, 5.41) is 10.8. The molecule has 0 spiro atoms. The van der Waals surface area contributed by atoms with E-state index in [0.29, 0.717) is 5.57 Å². The molecular formula is C19H20O6. The molecular weight excluding hydrogens is 324 g/mol. The van der Waals surface area contributed by atoms with Crippen molar-refractivity contribution in [3.05, 3.63) is 46.3 Å². The van der Waals surface area contributed by atoms with E-state index in [-0.39, 0.29) is 5.57 Å². The van der Waals surface area contributed by atoms with Crippen LogP contribution in [0.1, 0.15) is 33.1 Å². The monoisotopic (exact) mass is 344 g/mol. The van der Waals surface area contributed by atoms with Gasteiger partial charge < -0.3 is 19.3 Å². The summed E-state index contributed by atoms with van der Waals surface area (Å²) in [5.74, 6) is -1.41. The number of aliphatic hydroxyl groups is 1. The number of hydrogen-bond acceptors (Lipinski definition) is 6. The fourth-order valence-corrected chi connectivity index (χ4v) is 3.92. The molecule has 2 heterocycles. The zero-order chi connectivity index (χ0) is 17.7. The molecule has 6 nitrogen and oxygen atoms in total. The normalized spacial score (nSPS) is 35.7. The minimum absolute atomic E-state index is 0.283. The topological polar surface area (TPSA) is 82.1 Å². The van der Waals surface area contributed by atoms with Crippen molar-refractivity contribution in [3.63, 3.8) is 0 Å². The molecule has 6 heteroatoms. The van der Waals surface area contributed by atoms with Crippen LogP contribution in [0.25, 0.3) is 0 Å². The second kappa shape index (κ2) is 5.88. The number of rotatable bonds is 2. The summed E-state index contributed by atoms with van der Waals surface area (Å²) in [6.07, 6.45) is 5.53. The number of fused-ring (bicyclic) bond motifs is 2. The quantitative estimate of drug-likeness (QED) is 0.469. The number of esters is 2. The van der Waals surface area contributed by atoms with Crippen molar-refractivity contribution in [2.45, 2.75) is 51.6 Å². The number of cyclic esters (lactones) is 1. The molecule has 0 amide bonds. The maximum Gasteiger partial charge on any atom is 0.338 e. The minimum atomic E-state index is -0.849. The molecule has 0 radical (unpaired) electrons. The molecule has 25 heavy (non-hydrogen) atoms. The van der Waals surface area contributed by atoms with E-state index in [0.717, 1.165) is 30.4 Å². The number of aliphatic hydroxyl groups excluding tert-OH is 1. The van der Waals surface area contributed by atoms with Crippen molar-refractivity contribution in [2.75, 3.05) is 0 Å². The number of carbonyl (C=O) groups is 2. The number of carbonyl (C=O) groups excluding carboxylic acids is 2. The fourth-order valence-electron chi connectivity index (χ4n) is 3.92. The highest BCUT2D eigenvalue weighted by Gasteiger charge is 2.52. The van der Waals surface area contributed by atoms with E-state index >= 15 is 0 Å². The van der Waals surface area contributed by atoms with Gasteiger partial charge in [0, 0.05) is 11.6 Å². The highest BCUT2D eigenvalue weighted by molar-refractivity contribution is 5.93. The van der Waals surface area contributed by atoms with Gasteiger partial charge in [0.1, 0.15) is 6.10 Å². The van der Waals surface area contributed by atoms with E-state index in [1.807, 2.05) is 6.08 Å². The standard InChI is InChI=1S/C19H20O6/c1-9-4-3-5-11-12(6-9)17-15(16(11)20)13(19(22)25-17)8-23-14-7-10(2)18(21)24-14/h6-8,14-17,20H,3-5H2,1-2H3/b13-8+/t14-,15-,16+,17+/m1/s1. The van der Waals surface area contributed by atoms with Gasteiger partial charge >= 0.3 is 11.9 Å². The SMILES string of the molecule is CC1=CC2=C(CCC1)[C@H](O)[C@H]1/C(=C\O[C@H]3C=C(C)C(=O)O3)C(=O)O[C@@H]21. The molecule has 0 saturated carbocycles. The molecule has 0 aromatic heterocycles. The summed E-state index contributed by atoms with van der Waals surface area (Å²) >= 11 is 0. The molecule has 1 fully saturated rings. The average molecular weight is 344 g/mol. The first kappa shape index (κ1) is 16.1. The van der Waals surface area contributed by atoms with Gasteiger partial charge in [0.15, 0.2) is 0 Å². The van der Waals surface area contributed by atoms with Gasteiger partial charge in [-0.25, -0.2) is 9.59 Å². The molecule has 4 atom stereocenters. The average Bonchev–Trinajstić information content (AvgIpc) is 3.07. The van der Waals surface area contributed by atoms with Crippen LogP contribution in [0.4, 0.5) is 0 Å². The largest absolute Gasteiger partial charge is 0.458 e. The Hall–Kier alpha value is -2.34. The Morgan fingerprint density at radius 3 is 2.72 bits per heavy atom. The lowest BCUT2D eigenvalue weighted by atomic mass is 9.92. The summed E-state index contributed by atoms with van der Waals surface area (Å²) < 4.78 is 16.0. The van der Waals surface area contributed by atoms with E-state index in [4.69, 9.17) is 14.2 Å². The third-order valence-corrected chi connectivity index (χ3v) is 5.21. The predicted octanol–water partition coefficient (Wildman–Crippen LogP) is 2.06. The van der Waals surface area contributed by atoms with Crippen molar-refractivity contribution >= 4 is 11.9 Å². The summed E-state index contributed by atoms with van der Waals surface area (Å²) in [7, 11) is 0. The Morgan fingerprint density at radius 1 is 1.20 bits per heavy atom. The number of ether oxygens (including phenoxy) is 3. The molecule has 0 aromatic rings. The summed E-state index contributed by atoms with van der Waals surface area (Å²) in [6, 6.07) is 0. The molecule has 4 aliphatic rings. The first-order chi connectivity index (χ1) is 12.0. The second-order valence-corrected chi connectivity index (χ2v) is 6.95. The minimum Gasteiger partial charge on any atom is -0.458 e. The summed E-state index contributed by atoms with van der Waals surface area (Å²) in [4.78, 5) is 23.6. The summed E-state index contributed by atoms with van der Waals surface area (Å²) in [5.41, 5.74) is 3.84. The Bertz CT molecular complexity index is 769. The summed E-state index contributed by atoms with van der Waals surface area (Å²) in [6.45, 7) is 3.68. The highest BCUT2D eigenvalue weighted by Crippen LogP contribution is 2.47. The van der Waals surface area contributed by atoms with Crippen LogP contribution < -0.4 is 0 Å². The molecule has 4 rings (SSSR count). The Labute approximate surface area is 145 Å². The predicted molar refractivity (Wildman–Crippen MR) is 86.8 cm³/mol. The molecule has 1 N–H and O–H groups in total. The lowest BCUT2D eigenvalue weighted by Gasteiger charge is -2.16. The Balaban J connectivity index is 1.59. The van der Waals surface area contributed by atoms with E-state index in [9.17, 15) is 14.7 Å². The molecule has 0 bridgehead atoms. The first-order valence-electron chi connectivity index (χ1n) is 8.50. The lowest BCUT2D eigenvalue weighted by molar-refractivity contribution is -0.152. The molecule has 132 valence electrons. The van der Waals surface area contributed by atoms with Crippen LogP contribution in [0, 0.1) is 5.92 Å². The van der Waals surface area contributed by atoms with Gasteiger partial charge in [-0.1, -0.05) is 11.6 Å². The molecule has 0 unspecified atom stereocenters. The molecule has 1 saturated heterocycles. The molecule has 2 aliphatic heterocycles. The van der Waals surface area contributed by atoms with Crippen molar-refractivity contribution in [2.24, 2.45) is 5.92 Å².